The Morgan fingerprint density at radius 1 is 1.10 bits per heavy atom. The summed E-state index contributed by atoms with van der Waals surface area (Å²) in [4.78, 5) is 13.3. The maximum Gasteiger partial charge on any atom is 0.321 e. The molecule has 166 valence electrons. The number of sulfonamides is 1. The minimum Gasteiger partial charge on any atom is -0.480 e. The van der Waals surface area contributed by atoms with Crippen molar-refractivity contribution >= 4 is 32.5 Å². The van der Waals surface area contributed by atoms with E-state index in [1.807, 2.05) is 38.1 Å². The van der Waals surface area contributed by atoms with Gasteiger partial charge in [-0.15, -0.1) is 0 Å². The number of hydrogen-bond donors (Lipinski definition) is 3. The molecular weight excluding hydrogens is 402 g/mol. The summed E-state index contributed by atoms with van der Waals surface area (Å²) in [6.07, 6.45) is 5.17. The van der Waals surface area contributed by atoms with Gasteiger partial charge in [-0.3, -0.25) is 4.79 Å². The molecule has 1 fully saturated rings. The first-order valence-corrected chi connectivity index (χ1v) is 12.0. The highest BCUT2D eigenvalue weighted by Gasteiger charge is 2.26. The minimum atomic E-state index is -3.95. The van der Waals surface area contributed by atoms with Crippen LogP contribution in [0.25, 0.3) is 10.8 Å². The second-order valence-electron chi connectivity index (χ2n) is 7.75. The Balaban J connectivity index is 0.000000456. The molecule has 1 unspecified atom stereocenters. The normalized spacial score (nSPS) is 15.2. The summed E-state index contributed by atoms with van der Waals surface area (Å²) < 4.78 is 27.8. The summed E-state index contributed by atoms with van der Waals surface area (Å²) in [6.45, 7) is 4.56. The minimum absolute atomic E-state index is 0.0889. The predicted octanol–water partition coefficient (Wildman–Crippen LogP) is 2.17. The molecule has 1 atom stereocenters. The van der Waals surface area contributed by atoms with Crippen molar-refractivity contribution in [1.29, 1.82) is 0 Å². The highest BCUT2D eigenvalue weighted by molar-refractivity contribution is 7.89. The van der Waals surface area contributed by atoms with Crippen LogP contribution in [0.1, 0.15) is 39.0 Å². The van der Waals surface area contributed by atoms with Crippen LogP contribution in [0.2, 0.25) is 0 Å². The Morgan fingerprint density at radius 3 is 2.23 bits per heavy atom. The van der Waals surface area contributed by atoms with Crippen LogP contribution in [0.4, 0.5) is 5.69 Å². The predicted molar refractivity (Wildman–Crippen MR) is 120 cm³/mol. The average Bonchev–Trinajstić information content (AvgIpc) is 2.74. The molecule has 4 N–H and O–H groups in total. The Morgan fingerprint density at radius 2 is 1.73 bits per heavy atom. The lowest BCUT2D eigenvalue weighted by molar-refractivity contribution is -0.662. The van der Waals surface area contributed by atoms with Gasteiger partial charge in [0.05, 0.1) is 18.0 Å². The smallest absolute Gasteiger partial charge is 0.321 e. The van der Waals surface area contributed by atoms with Gasteiger partial charge in [-0.1, -0.05) is 37.6 Å². The van der Waals surface area contributed by atoms with Crippen molar-refractivity contribution in [3.8, 4) is 0 Å². The van der Waals surface area contributed by atoms with Crippen molar-refractivity contribution in [3.63, 3.8) is 0 Å². The van der Waals surface area contributed by atoms with E-state index in [0.717, 1.165) is 11.1 Å². The number of nitrogens with one attached hydrogen (secondary N) is 1. The summed E-state index contributed by atoms with van der Waals surface area (Å²) in [6, 6.07) is 9.30. The van der Waals surface area contributed by atoms with Crippen LogP contribution in [0.3, 0.4) is 0 Å². The maximum absolute atomic E-state index is 12.7. The molecule has 2 aromatic rings. The number of rotatable bonds is 7. The summed E-state index contributed by atoms with van der Waals surface area (Å²) in [7, 11) is -0.175. The van der Waals surface area contributed by atoms with Crippen LogP contribution < -0.4 is 14.9 Å². The van der Waals surface area contributed by atoms with E-state index in [9.17, 15) is 18.3 Å². The molecule has 1 aliphatic rings. The van der Waals surface area contributed by atoms with Crippen LogP contribution in [0, 0.1) is 0 Å². The van der Waals surface area contributed by atoms with Crippen molar-refractivity contribution in [2.24, 2.45) is 0 Å². The number of fused-ring (bicyclic) bond motifs is 1. The van der Waals surface area contributed by atoms with Gasteiger partial charge < -0.3 is 15.3 Å². The molecule has 2 aromatic carbocycles. The first-order chi connectivity index (χ1) is 14.3. The quantitative estimate of drug-likeness (QED) is 0.617. The van der Waals surface area contributed by atoms with Gasteiger partial charge in [0, 0.05) is 30.6 Å². The van der Waals surface area contributed by atoms with Crippen LogP contribution in [0.15, 0.2) is 41.3 Å². The average molecular weight is 437 g/mol. The van der Waals surface area contributed by atoms with E-state index in [1.54, 1.807) is 18.2 Å². The van der Waals surface area contributed by atoms with E-state index in [4.69, 9.17) is 0 Å². The van der Waals surface area contributed by atoms with Gasteiger partial charge in [-0.2, -0.15) is 4.72 Å². The number of carboxylic acid groups (broad SMARTS) is 1. The number of nitrogens with zero attached hydrogens (tertiary/aromatic N) is 1. The van der Waals surface area contributed by atoms with Crippen molar-refractivity contribution in [2.45, 2.75) is 50.0 Å². The number of hydrogen-bond acceptors (Lipinski definition) is 4. The highest BCUT2D eigenvalue weighted by atomic mass is 32.2. The first-order valence-electron chi connectivity index (χ1n) is 10.5. The van der Waals surface area contributed by atoms with Crippen molar-refractivity contribution in [1.82, 2.24) is 4.72 Å². The third-order valence-corrected chi connectivity index (χ3v) is 6.65. The van der Waals surface area contributed by atoms with E-state index in [0.29, 0.717) is 11.8 Å². The third-order valence-electron chi connectivity index (χ3n) is 5.12. The van der Waals surface area contributed by atoms with Crippen molar-refractivity contribution in [2.75, 3.05) is 32.1 Å². The number of quaternary nitrogens is 1. The SMILES string of the molecule is C1CC[NH2+]CC1.CCCC(NS(=O)(=O)c1cccc2c(N(C)C)cccc12)C(=O)O. The van der Waals surface area contributed by atoms with E-state index in [2.05, 4.69) is 10.0 Å². The number of carbonyl (C=O) groups is 1. The van der Waals surface area contributed by atoms with E-state index < -0.39 is 22.0 Å². The first kappa shape index (κ1) is 24.1. The Kier molecular flexibility index (Phi) is 9.08. The molecular formula is C22H34N3O4S+. The molecule has 7 nitrogen and oxygen atoms in total. The van der Waals surface area contributed by atoms with E-state index in [-0.39, 0.29) is 11.3 Å². The number of carboxylic acids is 1. The number of anilines is 1. The second kappa shape index (κ2) is 11.3. The monoisotopic (exact) mass is 436 g/mol. The molecule has 1 aliphatic heterocycles. The molecule has 1 heterocycles. The van der Waals surface area contributed by atoms with Gasteiger partial charge in [0.15, 0.2) is 0 Å². The van der Waals surface area contributed by atoms with Crippen LogP contribution in [-0.2, 0) is 14.8 Å². The van der Waals surface area contributed by atoms with Crippen LogP contribution in [-0.4, -0.2) is 52.7 Å². The Hall–Kier alpha value is -2.16. The maximum atomic E-state index is 12.7. The molecule has 0 aromatic heterocycles. The van der Waals surface area contributed by atoms with E-state index >= 15 is 0 Å². The zero-order valence-electron chi connectivity index (χ0n) is 18.1. The van der Waals surface area contributed by atoms with Gasteiger partial charge in [0.1, 0.15) is 6.04 Å². The second-order valence-corrected chi connectivity index (χ2v) is 9.43. The van der Waals surface area contributed by atoms with Gasteiger partial charge >= 0.3 is 5.97 Å². The number of piperidine rings is 1. The fourth-order valence-corrected chi connectivity index (χ4v) is 5.01. The van der Waals surface area contributed by atoms with Gasteiger partial charge in [0.25, 0.3) is 0 Å². The lowest BCUT2D eigenvalue weighted by Gasteiger charge is -2.18. The Bertz CT molecular complexity index is 929. The van der Waals surface area contributed by atoms with Crippen molar-refractivity contribution < 1.29 is 23.6 Å². The largest absolute Gasteiger partial charge is 0.480 e. The molecule has 30 heavy (non-hydrogen) atoms. The van der Waals surface area contributed by atoms with Crippen LogP contribution >= 0.6 is 0 Å². The van der Waals surface area contributed by atoms with Gasteiger partial charge in [-0.25, -0.2) is 8.42 Å². The number of benzene rings is 2. The zero-order chi connectivity index (χ0) is 22.1. The number of aliphatic carboxylic acids is 1. The molecule has 3 rings (SSSR count). The lowest BCUT2D eigenvalue weighted by atomic mass is 10.1. The molecule has 0 spiro atoms. The molecule has 8 heteroatoms. The molecule has 0 aliphatic carbocycles. The molecule has 0 amide bonds. The molecule has 1 saturated heterocycles. The van der Waals surface area contributed by atoms with Crippen LogP contribution in [0.5, 0.6) is 0 Å². The summed E-state index contributed by atoms with van der Waals surface area (Å²) in [5.74, 6) is -1.17. The molecule has 0 bridgehead atoms. The van der Waals surface area contributed by atoms with Crippen molar-refractivity contribution in [3.05, 3.63) is 36.4 Å². The molecule has 0 saturated carbocycles. The fraction of sp³-hybridized carbons (Fsp3) is 0.500. The Labute approximate surface area is 179 Å². The lowest BCUT2D eigenvalue weighted by Crippen LogP contribution is -2.85. The van der Waals surface area contributed by atoms with E-state index in [1.165, 1.54) is 38.4 Å². The van der Waals surface area contributed by atoms with Gasteiger partial charge in [-0.05, 0) is 37.8 Å². The third kappa shape index (κ3) is 6.42. The summed E-state index contributed by atoms with van der Waals surface area (Å²) in [5.41, 5.74) is 0.896. The standard InChI is InChI=1S/C17H22N2O4S.C5H11N/c1-4-7-14(17(20)21)18-24(22,23)16-11-6-8-12-13(16)9-5-10-15(12)19(2)3;1-2-4-6-5-3-1/h5-6,8-11,14,18H,4,7H2,1-3H3,(H,20,21);6H,1-5H2/p+1. The zero-order valence-corrected chi connectivity index (χ0v) is 18.9. The summed E-state index contributed by atoms with van der Waals surface area (Å²) in [5, 5.41) is 13.0. The molecule has 0 radical (unpaired) electrons. The topological polar surface area (TPSA) is 103 Å². The highest BCUT2D eigenvalue weighted by Crippen LogP contribution is 2.30. The van der Waals surface area contributed by atoms with Gasteiger partial charge in [0.2, 0.25) is 10.0 Å². The summed E-state index contributed by atoms with van der Waals surface area (Å²) >= 11 is 0. The number of nitrogens with two attached hydrogens (primary N) is 1. The fourth-order valence-electron chi connectivity index (χ4n) is 3.56.